The van der Waals surface area contributed by atoms with Gasteiger partial charge in [0.15, 0.2) is 0 Å². The lowest BCUT2D eigenvalue weighted by Gasteiger charge is -2.28. The average molecular weight is 223 g/mol. The van der Waals surface area contributed by atoms with Crippen LogP contribution >= 0.6 is 15.9 Å². The van der Waals surface area contributed by atoms with E-state index in [2.05, 4.69) is 15.9 Å². The van der Waals surface area contributed by atoms with Crippen molar-refractivity contribution in [2.24, 2.45) is 0 Å². The van der Waals surface area contributed by atoms with Gasteiger partial charge in [-0.3, -0.25) is 4.79 Å². The predicted octanol–water partition coefficient (Wildman–Crippen LogP) is 0.836. The van der Waals surface area contributed by atoms with Crippen molar-refractivity contribution < 1.29 is 14.6 Å². The van der Waals surface area contributed by atoms with Gasteiger partial charge in [0, 0.05) is 11.2 Å². The van der Waals surface area contributed by atoms with E-state index in [9.17, 15) is 9.90 Å². The molecular formula is C7H11BrO3. The molecule has 0 aliphatic heterocycles. The number of hydrogen-bond acceptors (Lipinski definition) is 3. The maximum atomic E-state index is 9.95. The van der Waals surface area contributed by atoms with E-state index in [1.54, 1.807) is 0 Å². The number of aliphatic hydroxyl groups is 1. The van der Waals surface area contributed by atoms with Crippen LogP contribution in [0.3, 0.4) is 0 Å². The van der Waals surface area contributed by atoms with Crippen molar-refractivity contribution in [3.8, 4) is 0 Å². The fourth-order valence-corrected chi connectivity index (χ4v) is 1.75. The van der Waals surface area contributed by atoms with Gasteiger partial charge in [-0.05, 0) is 12.8 Å². The van der Waals surface area contributed by atoms with Gasteiger partial charge in [-0.25, -0.2) is 0 Å². The maximum Gasteiger partial charge on any atom is 0.293 e. The third-order valence-electron chi connectivity index (χ3n) is 1.93. The van der Waals surface area contributed by atoms with Crippen LogP contribution in [0.1, 0.15) is 19.3 Å². The SMILES string of the molecule is O=CO[C@@H]1CC[C@@H](Br)[C@H](O)C1. The molecule has 0 aromatic carbocycles. The van der Waals surface area contributed by atoms with Crippen LogP contribution in [0.25, 0.3) is 0 Å². The lowest BCUT2D eigenvalue weighted by Crippen LogP contribution is -2.33. The quantitative estimate of drug-likeness (QED) is 0.557. The summed E-state index contributed by atoms with van der Waals surface area (Å²) in [7, 11) is 0. The normalized spacial score (nSPS) is 38.2. The van der Waals surface area contributed by atoms with Gasteiger partial charge >= 0.3 is 0 Å². The van der Waals surface area contributed by atoms with E-state index in [1.165, 1.54) is 0 Å². The summed E-state index contributed by atoms with van der Waals surface area (Å²) in [5, 5.41) is 9.33. The minimum atomic E-state index is -0.381. The highest BCUT2D eigenvalue weighted by Gasteiger charge is 2.27. The third-order valence-corrected chi connectivity index (χ3v) is 3.00. The summed E-state index contributed by atoms with van der Waals surface area (Å²) in [6, 6.07) is 0. The van der Waals surface area contributed by atoms with E-state index >= 15 is 0 Å². The van der Waals surface area contributed by atoms with Crippen molar-refractivity contribution in [3.63, 3.8) is 0 Å². The van der Waals surface area contributed by atoms with Crippen LogP contribution < -0.4 is 0 Å². The first kappa shape index (κ1) is 9.00. The lowest BCUT2D eigenvalue weighted by atomic mass is 9.95. The molecule has 0 saturated heterocycles. The molecule has 0 radical (unpaired) electrons. The molecule has 0 aromatic rings. The number of halogens is 1. The first-order chi connectivity index (χ1) is 5.24. The van der Waals surface area contributed by atoms with E-state index in [-0.39, 0.29) is 17.0 Å². The number of ether oxygens (including phenoxy) is 1. The van der Waals surface area contributed by atoms with Gasteiger partial charge in [-0.1, -0.05) is 15.9 Å². The molecule has 3 atom stereocenters. The van der Waals surface area contributed by atoms with Crippen LogP contribution in [0, 0.1) is 0 Å². The number of carbonyl (C=O) groups excluding carboxylic acids is 1. The van der Waals surface area contributed by atoms with Gasteiger partial charge in [0.2, 0.25) is 0 Å². The van der Waals surface area contributed by atoms with Crippen LogP contribution in [0.15, 0.2) is 0 Å². The molecule has 1 fully saturated rings. The molecule has 11 heavy (non-hydrogen) atoms. The Morgan fingerprint density at radius 3 is 2.82 bits per heavy atom. The molecule has 4 heteroatoms. The summed E-state index contributed by atoms with van der Waals surface area (Å²) in [6.45, 7) is 0.450. The summed E-state index contributed by atoms with van der Waals surface area (Å²) in [5.41, 5.74) is 0. The Balaban J connectivity index is 2.33. The Morgan fingerprint density at radius 1 is 1.55 bits per heavy atom. The highest BCUT2D eigenvalue weighted by atomic mass is 79.9. The molecule has 1 rings (SSSR count). The number of alkyl halides is 1. The molecule has 1 aliphatic carbocycles. The number of aliphatic hydroxyl groups excluding tert-OH is 1. The van der Waals surface area contributed by atoms with Crippen molar-refractivity contribution in [3.05, 3.63) is 0 Å². The molecule has 0 bridgehead atoms. The molecule has 0 aromatic heterocycles. The van der Waals surface area contributed by atoms with E-state index in [0.29, 0.717) is 12.9 Å². The van der Waals surface area contributed by atoms with Crippen LogP contribution in [-0.2, 0) is 9.53 Å². The second-order valence-electron chi connectivity index (χ2n) is 2.75. The largest absolute Gasteiger partial charge is 0.464 e. The van der Waals surface area contributed by atoms with Gasteiger partial charge in [0.25, 0.3) is 6.47 Å². The Labute approximate surface area is 73.9 Å². The van der Waals surface area contributed by atoms with Crippen LogP contribution in [0.5, 0.6) is 0 Å². The van der Waals surface area contributed by atoms with Crippen LogP contribution in [-0.4, -0.2) is 28.6 Å². The number of hydrogen-bond donors (Lipinski definition) is 1. The molecule has 0 heterocycles. The van der Waals surface area contributed by atoms with E-state index in [0.717, 1.165) is 12.8 Å². The highest BCUT2D eigenvalue weighted by molar-refractivity contribution is 9.09. The molecule has 64 valence electrons. The van der Waals surface area contributed by atoms with Crippen LogP contribution in [0.2, 0.25) is 0 Å². The van der Waals surface area contributed by atoms with Crippen molar-refractivity contribution in [2.75, 3.05) is 0 Å². The molecule has 1 saturated carbocycles. The predicted molar refractivity (Wildman–Crippen MR) is 43.5 cm³/mol. The van der Waals surface area contributed by atoms with Gasteiger partial charge < -0.3 is 9.84 Å². The molecule has 0 amide bonds. The van der Waals surface area contributed by atoms with Gasteiger partial charge in [-0.15, -0.1) is 0 Å². The van der Waals surface area contributed by atoms with Gasteiger partial charge in [0.1, 0.15) is 6.10 Å². The number of carbonyl (C=O) groups is 1. The Bertz CT molecular complexity index is 140. The van der Waals surface area contributed by atoms with Crippen molar-refractivity contribution in [1.29, 1.82) is 0 Å². The topological polar surface area (TPSA) is 46.5 Å². The maximum absolute atomic E-state index is 9.95. The molecule has 1 aliphatic rings. The smallest absolute Gasteiger partial charge is 0.293 e. The highest BCUT2D eigenvalue weighted by Crippen LogP contribution is 2.26. The van der Waals surface area contributed by atoms with Crippen LogP contribution in [0.4, 0.5) is 0 Å². The molecular weight excluding hydrogens is 212 g/mol. The lowest BCUT2D eigenvalue weighted by molar-refractivity contribution is -0.136. The monoisotopic (exact) mass is 222 g/mol. The van der Waals surface area contributed by atoms with Gasteiger partial charge in [0.05, 0.1) is 6.10 Å². The Hall–Kier alpha value is -0.0900. The minimum absolute atomic E-state index is 0.0868. The Kier molecular flexibility index (Phi) is 3.33. The van der Waals surface area contributed by atoms with E-state index in [4.69, 9.17) is 4.74 Å². The molecule has 0 unspecified atom stereocenters. The molecule has 1 N–H and O–H groups in total. The summed E-state index contributed by atoms with van der Waals surface area (Å²) < 4.78 is 4.74. The van der Waals surface area contributed by atoms with Crippen molar-refractivity contribution in [2.45, 2.75) is 36.3 Å². The zero-order valence-electron chi connectivity index (χ0n) is 6.07. The summed E-state index contributed by atoms with van der Waals surface area (Å²) >= 11 is 3.34. The van der Waals surface area contributed by atoms with Crippen molar-refractivity contribution in [1.82, 2.24) is 0 Å². The van der Waals surface area contributed by atoms with E-state index < -0.39 is 0 Å². The zero-order valence-corrected chi connectivity index (χ0v) is 7.66. The van der Waals surface area contributed by atoms with E-state index in [1.807, 2.05) is 0 Å². The fraction of sp³-hybridized carbons (Fsp3) is 0.857. The fourth-order valence-electron chi connectivity index (χ4n) is 1.27. The van der Waals surface area contributed by atoms with Gasteiger partial charge in [-0.2, -0.15) is 0 Å². The number of rotatable bonds is 2. The summed E-state index contributed by atoms with van der Waals surface area (Å²) in [6.07, 6.45) is 1.78. The third kappa shape index (κ3) is 2.45. The van der Waals surface area contributed by atoms with Crippen molar-refractivity contribution >= 4 is 22.4 Å². The standard InChI is InChI=1S/C7H11BrO3/c8-6-2-1-5(11-4-9)3-7(6)10/h4-7,10H,1-3H2/t5-,6-,7-/m1/s1. The average Bonchev–Trinajstić information content (AvgIpc) is 1.98. The second-order valence-corrected chi connectivity index (χ2v) is 3.93. The zero-order chi connectivity index (χ0) is 8.27. The Morgan fingerprint density at radius 2 is 2.27 bits per heavy atom. The first-order valence-electron chi connectivity index (χ1n) is 3.65. The summed E-state index contributed by atoms with van der Waals surface area (Å²) in [4.78, 5) is 10.1. The first-order valence-corrected chi connectivity index (χ1v) is 4.57. The minimum Gasteiger partial charge on any atom is -0.464 e. The molecule has 3 nitrogen and oxygen atoms in total. The second kappa shape index (κ2) is 4.07. The molecule has 0 spiro atoms. The summed E-state index contributed by atoms with van der Waals surface area (Å²) in [5.74, 6) is 0.